The third kappa shape index (κ3) is 2.21. The lowest BCUT2D eigenvalue weighted by Gasteiger charge is -2.35. The van der Waals surface area contributed by atoms with Crippen molar-refractivity contribution in [3.05, 3.63) is 35.9 Å². The van der Waals surface area contributed by atoms with Gasteiger partial charge in [0.15, 0.2) is 0 Å². The standard InChI is InChI=1S/C13H20NO/c1-14(9-5-8-13(14)11-15)10-12-6-3-2-4-7-12/h2-4,6-7,13,15H,5,8-11H2,1H3/q+1/t13-,14+/m0/s1. The van der Waals surface area contributed by atoms with Gasteiger partial charge in [-0.3, -0.25) is 0 Å². The third-order valence-corrected chi connectivity index (χ3v) is 3.69. The average Bonchev–Trinajstić information content (AvgIpc) is 2.60. The summed E-state index contributed by atoms with van der Waals surface area (Å²) in [6.45, 7) is 2.57. The van der Waals surface area contributed by atoms with Crippen LogP contribution in [0.4, 0.5) is 0 Å². The van der Waals surface area contributed by atoms with Crippen LogP contribution in [0.25, 0.3) is 0 Å². The van der Waals surface area contributed by atoms with Gasteiger partial charge in [0.05, 0.1) is 20.2 Å². The normalized spacial score (nSPS) is 30.7. The van der Waals surface area contributed by atoms with Gasteiger partial charge in [-0.15, -0.1) is 0 Å². The van der Waals surface area contributed by atoms with Crippen LogP contribution in [-0.4, -0.2) is 35.8 Å². The largest absolute Gasteiger partial charge is 0.390 e. The fourth-order valence-corrected chi connectivity index (χ4v) is 2.68. The Labute approximate surface area is 91.7 Å². The molecule has 0 radical (unpaired) electrons. The zero-order chi connectivity index (χ0) is 10.7. The molecule has 1 aliphatic rings. The first-order valence-corrected chi connectivity index (χ1v) is 5.73. The molecular weight excluding hydrogens is 186 g/mol. The van der Waals surface area contributed by atoms with Gasteiger partial charge >= 0.3 is 0 Å². The van der Waals surface area contributed by atoms with E-state index in [0.29, 0.717) is 12.6 Å². The highest BCUT2D eigenvalue weighted by atomic mass is 16.3. The molecule has 1 N–H and O–H groups in total. The molecule has 0 amide bonds. The van der Waals surface area contributed by atoms with Crippen molar-refractivity contribution >= 4 is 0 Å². The fraction of sp³-hybridized carbons (Fsp3) is 0.538. The molecule has 0 aromatic heterocycles. The highest BCUT2D eigenvalue weighted by Gasteiger charge is 2.37. The maximum atomic E-state index is 9.36. The fourth-order valence-electron chi connectivity index (χ4n) is 2.68. The Hall–Kier alpha value is -0.860. The van der Waals surface area contributed by atoms with E-state index in [1.807, 2.05) is 0 Å². The molecule has 1 aliphatic heterocycles. The summed E-state index contributed by atoms with van der Waals surface area (Å²) >= 11 is 0. The first-order chi connectivity index (χ1) is 7.24. The zero-order valence-corrected chi connectivity index (χ0v) is 9.39. The van der Waals surface area contributed by atoms with Crippen molar-refractivity contribution in [3.8, 4) is 0 Å². The van der Waals surface area contributed by atoms with Crippen molar-refractivity contribution in [2.45, 2.75) is 25.4 Å². The van der Waals surface area contributed by atoms with Crippen LogP contribution < -0.4 is 0 Å². The second-order valence-corrected chi connectivity index (χ2v) is 4.83. The Bertz CT molecular complexity index is 312. The molecule has 2 rings (SSSR count). The molecule has 0 aliphatic carbocycles. The van der Waals surface area contributed by atoms with Crippen molar-refractivity contribution in [3.63, 3.8) is 0 Å². The summed E-state index contributed by atoms with van der Waals surface area (Å²) in [6.07, 6.45) is 2.41. The Morgan fingerprint density at radius 3 is 2.73 bits per heavy atom. The number of hydrogen-bond acceptors (Lipinski definition) is 1. The predicted molar refractivity (Wildman–Crippen MR) is 61.3 cm³/mol. The van der Waals surface area contributed by atoms with E-state index in [4.69, 9.17) is 0 Å². The molecule has 1 saturated heterocycles. The van der Waals surface area contributed by atoms with Crippen molar-refractivity contribution in [1.82, 2.24) is 0 Å². The molecule has 2 heteroatoms. The van der Waals surface area contributed by atoms with Gasteiger partial charge in [-0.25, -0.2) is 0 Å². The Morgan fingerprint density at radius 1 is 1.33 bits per heavy atom. The molecule has 1 aromatic rings. The van der Waals surface area contributed by atoms with E-state index in [9.17, 15) is 5.11 Å². The summed E-state index contributed by atoms with van der Waals surface area (Å²) < 4.78 is 1.00. The molecule has 0 saturated carbocycles. The van der Waals surface area contributed by atoms with E-state index in [2.05, 4.69) is 37.4 Å². The first-order valence-electron chi connectivity index (χ1n) is 5.73. The van der Waals surface area contributed by atoms with Gasteiger partial charge in [-0.05, 0) is 0 Å². The summed E-state index contributed by atoms with van der Waals surface area (Å²) in [5.74, 6) is 0. The summed E-state index contributed by atoms with van der Waals surface area (Å²) in [5, 5.41) is 9.36. The van der Waals surface area contributed by atoms with Gasteiger partial charge in [0.1, 0.15) is 12.6 Å². The van der Waals surface area contributed by atoms with Crippen molar-refractivity contribution in [2.75, 3.05) is 20.2 Å². The van der Waals surface area contributed by atoms with Crippen LogP contribution in [0, 0.1) is 0 Å². The minimum atomic E-state index is 0.323. The summed E-state index contributed by atoms with van der Waals surface area (Å²) in [4.78, 5) is 0. The molecule has 0 unspecified atom stereocenters. The summed E-state index contributed by atoms with van der Waals surface area (Å²) in [6, 6.07) is 11.0. The monoisotopic (exact) mass is 206 g/mol. The maximum absolute atomic E-state index is 9.36. The van der Waals surface area contributed by atoms with Gasteiger partial charge in [0.25, 0.3) is 0 Å². The predicted octanol–water partition coefficient (Wildman–Crippen LogP) is 1.79. The van der Waals surface area contributed by atoms with Crippen LogP contribution in [-0.2, 0) is 6.54 Å². The smallest absolute Gasteiger partial charge is 0.113 e. The Morgan fingerprint density at radius 2 is 2.07 bits per heavy atom. The van der Waals surface area contributed by atoms with Crippen molar-refractivity contribution in [1.29, 1.82) is 0 Å². The summed E-state index contributed by atoms with van der Waals surface area (Å²) in [5.41, 5.74) is 1.38. The van der Waals surface area contributed by atoms with Crippen LogP contribution in [0.2, 0.25) is 0 Å². The lowest BCUT2D eigenvalue weighted by atomic mass is 10.1. The number of likely N-dealkylation sites (tertiary alicyclic amines) is 1. The highest BCUT2D eigenvalue weighted by molar-refractivity contribution is 5.13. The number of aliphatic hydroxyl groups is 1. The van der Waals surface area contributed by atoms with Gasteiger partial charge in [0, 0.05) is 18.4 Å². The molecule has 1 fully saturated rings. The van der Waals surface area contributed by atoms with E-state index >= 15 is 0 Å². The first kappa shape index (κ1) is 10.7. The highest BCUT2D eigenvalue weighted by Crippen LogP contribution is 2.27. The van der Waals surface area contributed by atoms with E-state index < -0.39 is 0 Å². The second kappa shape index (κ2) is 4.33. The number of likely N-dealkylation sites (N-methyl/N-ethyl adjacent to an activating group) is 1. The van der Waals surface area contributed by atoms with Crippen LogP contribution in [0.1, 0.15) is 18.4 Å². The lowest BCUT2D eigenvalue weighted by Crippen LogP contribution is -2.48. The molecule has 2 atom stereocenters. The van der Waals surface area contributed by atoms with E-state index in [1.165, 1.54) is 24.9 Å². The topological polar surface area (TPSA) is 20.2 Å². The molecule has 15 heavy (non-hydrogen) atoms. The van der Waals surface area contributed by atoms with E-state index in [1.54, 1.807) is 0 Å². The maximum Gasteiger partial charge on any atom is 0.113 e. The Balaban J connectivity index is 2.10. The van der Waals surface area contributed by atoms with Crippen LogP contribution in [0.5, 0.6) is 0 Å². The average molecular weight is 206 g/mol. The number of quaternary nitrogens is 1. The molecule has 2 nitrogen and oxygen atoms in total. The van der Waals surface area contributed by atoms with Crippen molar-refractivity contribution in [2.24, 2.45) is 0 Å². The quantitative estimate of drug-likeness (QED) is 0.748. The number of hydrogen-bond donors (Lipinski definition) is 1. The number of aliphatic hydroxyl groups excluding tert-OH is 1. The minimum absolute atomic E-state index is 0.323. The van der Waals surface area contributed by atoms with Gasteiger partial charge in [0.2, 0.25) is 0 Å². The van der Waals surface area contributed by atoms with Crippen molar-refractivity contribution < 1.29 is 9.59 Å². The van der Waals surface area contributed by atoms with E-state index in [0.717, 1.165) is 11.0 Å². The van der Waals surface area contributed by atoms with Crippen LogP contribution >= 0.6 is 0 Å². The zero-order valence-electron chi connectivity index (χ0n) is 9.39. The SMILES string of the molecule is C[N@+]1(Cc2ccccc2)CCC[C@H]1CO. The second-order valence-electron chi connectivity index (χ2n) is 4.83. The molecule has 0 spiro atoms. The molecule has 1 heterocycles. The molecule has 1 aromatic carbocycles. The van der Waals surface area contributed by atoms with Gasteiger partial charge < -0.3 is 9.59 Å². The Kier molecular flexibility index (Phi) is 3.08. The van der Waals surface area contributed by atoms with Crippen LogP contribution in [0.15, 0.2) is 30.3 Å². The van der Waals surface area contributed by atoms with Gasteiger partial charge in [-0.2, -0.15) is 0 Å². The third-order valence-electron chi connectivity index (χ3n) is 3.69. The number of nitrogens with zero attached hydrogens (tertiary/aromatic N) is 1. The minimum Gasteiger partial charge on any atom is -0.390 e. The molecule has 82 valence electrons. The lowest BCUT2D eigenvalue weighted by molar-refractivity contribution is -0.934. The molecule has 0 bridgehead atoms. The number of rotatable bonds is 3. The molecular formula is C13H20NO+. The van der Waals surface area contributed by atoms with Gasteiger partial charge in [-0.1, -0.05) is 30.3 Å². The van der Waals surface area contributed by atoms with Crippen LogP contribution in [0.3, 0.4) is 0 Å². The number of benzene rings is 1. The summed E-state index contributed by atoms with van der Waals surface area (Å²) in [7, 11) is 2.26. The van der Waals surface area contributed by atoms with E-state index in [-0.39, 0.29) is 0 Å².